The van der Waals surface area contributed by atoms with Gasteiger partial charge in [0.2, 0.25) is 0 Å². The Morgan fingerprint density at radius 3 is 2.70 bits per heavy atom. The predicted molar refractivity (Wildman–Crippen MR) is 97.2 cm³/mol. The third-order valence-electron chi connectivity index (χ3n) is 4.84. The molecule has 4 nitrogen and oxygen atoms in total. The molecule has 2 heterocycles. The van der Waals surface area contributed by atoms with Gasteiger partial charge in [-0.1, -0.05) is 32.0 Å². The maximum atomic E-state index is 6.24. The lowest BCUT2D eigenvalue weighted by Crippen LogP contribution is -2.52. The van der Waals surface area contributed by atoms with Crippen molar-refractivity contribution in [3.05, 3.63) is 47.8 Å². The van der Waals surface area contributed by atoms with E-state index in [1.807, 2.05) is 6.20 Å². The first kappa shape index (κ1) is 18.0. The van der Waals surface area contributed by atoms with Gasteiger partial charge in [0.05, 0.1) is 11.4 Å². The Morgan fingerprint density at radius 2 is 2.00 bits per heavy atom. The highest BCUT2D eigenvalue weighted by Gasteiger charge is 2.33. The van der Waals surface area contributed by atoms with E-state index in [0.717, 1.165) is 31.7 Å². The van der Waals surface area contributed by atoms with E-state index in [-0.39, 0.29) is 17.8 Å². The number of aromatic nitrogens is 2. The maximum Gasteiger partial charge on any atom is 0.0678 e. The number of nitrogens with zero attached hydrogens (tertiary/aromatic N) is 3. The third kappa shape index (κ3) is 3.77. The molecule has 0 radical (unpaired) electrons. The van der Waals surface area contributed by atoms with Crippen LogP contribution in [0.5, 0.6) is 0 Å². The summed E-state index contributed by atoms with van der Waals surface area (Å²) in [6.45, 7) is 9.68. The van der Waals surface area contributed by atoms with Gasteiger partial charge in [0.15, 0.2) is 0 Å². The number of rotatable bonds is 3. The molecule has 1 fully saturated rings. The molecule has 1 saturated heterocycles. The van der Waals surface area contributed by atoms with Crippen LogP contribution in [0.4, 0.5) is 0 Å². The molecule has 1 atom stereocenters. The van der Waals surface area contributed by atoms with Crippen LogP contribution in [0.3, 0.4) is 0 Å². The minimum Gasteiger partial charge on any atom is -0.327 e. The fraction of sp³-hybridized carbons (Fsp3) is 0.500. The van der Waals surface area contributed by atoms with Crippen molar-refractivity contribution in [3.63, 3.8) is 0 Å². The zero-order chi connectivity index (χ0) is 15.7. The summed E-state index contributed by atoms with van der Waals surface area (Å²) in [6, 6.07) is 10.8. The molecule has 23 heavy (non-hydrogen) atoms. The molecule has 2 N–H and O–H groups in total. The molecule has 126 valence electrons. The monoisotopic (exact) mass is 334 g/mol. The Kier molecular flexibility index (Phi) is 5.50. The smallest absolute Gasteiger partial charge is 0.0678 e. The van der Waals surface area contributed by atoms with Crippen molar-refractivity contribution in [3.8, 4) is 5.69 Å². The lowest BCUT2D eigenvalue weighted by molar-refractivity contribution is 0.0883. The van der Waals surface area contributed by atoms with Crippen molar-refractivity contribution < 1.29 is 0 Å². The van der Waals surface area contributed by atoms with Crippen LogP contribution in [0.15, 0.2) is 36.5 Å². The van der Waals surface area contributed by atoms with Crippen LogP contribution in [-0.2, 0) is 6.54 Å². The highest BCUT2D eigenvalue weighted by atomic mass is 35.5. The molecular formula is C18H27ClN4. The molecule has 1 aromatic heterocycles. The number of aryl methyl sites for hydroxylation is 1. The largest absolute Gasteiger partial charge is 0.327 e. The van der Waals surface area contributed by atoms with E-state index in [0.29, 0.717) is 6.04 Å². The topological polar surface area (TPSA) is 47.1 Å². The fourth-order valence-corrected chi connectivity index (χ4v) is 3.32. The number of benzene rings is 1. The van der Waals surface area contributed by atoms with Crippen LogP contribution in [0.1, 0.15) is 31.5 Å². The SMILES string of the molecule is Cc1ccccc1-n1nccc1CN1CCC(N)C(C)(C)C1.Cl. The van der Waals surface area contributed by atoms with Gasteiger partial charge in [-0.05, 0) is 36.5 Å². The molecular weight excluding hydrogens is 308 g/mol. The van der Waals surface area contributed by atoms with E-state index in [4.69, 9.17) is 5.73 Å². The van der Waals surface area contributed by atoms with Crippen LogP contribution >= 0.6 is 12.4 Å². The summed E-state index contributed by atoms with van der Waals surface area (Å²) in [5, 5.41) is 4.53. The molecule has 0 aliphatic carbocycles. The first-order valence-electron chi connectivity index (χ1n) is 8.04. The Hall–Kier alpha value is -1.36. The number of nitrogens with two attached hydrogens (primary N) is 1. The second kappa shape index (κ2) is 7.04. The molecule has 1 aliphatic heterocycles. The number of likely N-dealkylation sites (tertiary alicyclic amines) is 1. The summed E-state index contributed by atoms with van der Waals surface area (Å²) in [7, 11) is 0. The van der Waals surface area contributed by atoms with Crippen LogP contribution in [0, 0.1) is 12.3 Å². The van der Waals surface area contributed by atoms with E-state index >= 15 is 0 Å². The summed E-state index contributed by atoms with van der Waals surface area (Å²) >= 11 is 0. The van der Waals surface area contributed by atoms with Crippen molar-refractivity contribution in [2.45, 2.75) is 39.8 Å². The molecule has 1 aromatic carbocycles. The highest BCUT2D eigenvalue weighted by molar-refractivity contribution is 5.85. The van der Waals surface area contributed by atoms with Gasteiger partial charge in [0.25, 0.3) is 0 Å². The minimum atomic E-state index is 0. The molecule has 1 aliphatic rings. The van der Waals surface area contributed by atoms with Crippen molar-refractivity contribution >= 4 is 12.4 Å². The summed E-state index contributed by atoms with van der Waals surface area (Å²) in [4.78, 5) is 2.50. The van der Waals surface area contributed by atoms with Gasteiger partial charge in [0.1, 0.15) is 0 Å². The van der Waals surface area contributed by atoms with Gasteiger partial charge in [-0.3, -0.25) is 4.90 Å². The van der Waals surface area contributed by atoms with Crippen LogP contribution in [0.25, 0.3) is 5.69 Å². The second-order valence-electron chi connectivity index (χ2n) is 7.12. The average molecular weight is 335 g/mol. The maximum absolute atomic E-state index is 6.24. The first-order valence-corrected chi connectivity index (χ1v) is 8.04. The normalized spacial score (nSPS) is 21.0. The molecule has 1 unspecified atom stereocenters. The summed E-state index contributed by atoms with van der Waals surface area (Å²) < 4.78 is 2.07. The predicted octanol–water partition coefficient (Wildman–Crippen LogP) is 3.16. The number of piperidine rings is 1. The molecule has 0 saturated carbocycles. The number of hydrogen-bond acceptors (Lipinski definition) is 3. The standard InChI is InChI=1S/C18H26N4.ClH/c1-14-6-4-5-7-16(14)22-15(8-10-20-22)12-21-11-9-17(19)18(2,3)13-21;/h4-8,10,17H,9,11-13,19H2,1-3H3;1H. The number of hydrogen-bond donors (Lipinski definition) is 1. The Balaban J connectivity index is 0.00000192. The molecule has 2 aromatic rings. The van der Waals surface area contributed by atoms with Crippen molar-refractivity contribution in [1.29, 1.82) is 0 Å². The van der Waals surface area contributed by atoms with E-state index in [1.54, 1.807) is 0 Å². The average Bonchev–Trinajstić information content (AvgIpc) is 2.91. The molecule has 0 spiro atoms. The zero-order valence-corrected chi connectivity index (χ0v) is 15.0. The third-order valence-corrected chi connectivity index (χ3v) is 4.84. The van der Waals surface area contributed by atoms with Gasteiger partial charge in [-0.2, -0.15) is 5.10 Å². The molecule has 3 rings (SSSR count). The Morgan fingerprint density at radius 1 is 1.26 bits per heavy atom. The fourth-order valence-electron chi connectivity index (χ4n) is 3.32. The van der Waals surface area contributed by atoms with Gasteiger partial charge >= 0.3 is 0 Å². The highest BCUT2D eigenvalue weighted by Crippen LogP contribution is 2.28. The number of halogens is 1. The van der Waals surface area contributed by atoms with Gasteiger partial charge < -0.3 is 5.73 Å². The van der Waals surface area contributed by atoms with E-state index in [2.05, 4.69) is 65.8 Å². The lowest BCUT2D eigenvalue weighted by Gasteiger charge is -2.42. The Labute approximate surface area is 145 Å². The van der Waals surface area contributed by atoms with Crippen molar-refractivity contribution in [2.75, 3.05) is 13.1 Å². The second-order valence-corrected chi connectivity index (χ2v) is 7.12. The molecule has 0 bridgehead atoms. The van der Waals surface area contributed by atoms with E-state index in [9.17, 15) is 0 Å². The Bertz CT molecular complexity index is 650. The lowest BCUT2D eigenvalue weighted by atomic mass is 9.80. The van der Waals surface area contributed by atoms with Crippen LogP contribution < -0.4 is 5.73 Å². The van der Waals surface area contributed by atoms with Crippen molar-refractivity contribution in [2.24, 2.45) is 11.1 Å². The van der Waals surface area contributed by atoms with E-state index < -0.39 is 0 Å². The van der Waals surface area contributed by atoms with Gasteiger partial charge in [-0.15, -0.1) is 12.4 Å². The van der Waals surface area contributed by atoms with Crippen molar-refractivity contribution in [1.82, 2.24) is 14.7 Å². The molecule has 0 amide bonds. The minimum absolute atomic E-state index is 0. The summed E-state index contributed by atoms with van der Waals surface area (Å²) in [5.41, 5.74) is 10.1. The van der Waals surface area contributed by atoms with E-state index in [1.165, 1.54) is 11.3 Å². The van der Waals surface area contributed by atoms with Crippen LogP contribution in [-0.4, -0.2) is 33.8 Å². The molecule has 5 heteroatoms. The number of para-hydroxylation sites is 1. The summed E-state index contributed by atoms with van der Waals surface area (Å²) in [6.07, 6.45) is 2.95. The quantitative estimate of drug-likeness (QED) is 0.937. The van der Waals surface area contributed by atoms with Gasteiger partial charge in [0, 0.05) is 31.9 Å². The van der Waals surface area contributed by atoms with Gasteiger partial charge in [-0.25, -0.2) is 4.68 Å². The van der Waals surface area contributed by atoms with Crippen LogP contribution in [0.2, 0.25) is 0 Å². The zero-order valence-electron chi connectivity index (χ0n) is 14.2. The summed E-state index contributed by atoms with van der Waals surface area (Å²) in [5.74, 6) is 0. The first-order chi connectivity index (χ1) is 10.5.